The number of fused-ring (bicyclic) bond motifs is 1. The Morgan fingerprint density at radius 2 is 1.96 bits per heavy atom. The van der Waals surface area contributed by atoms with Crippen LogP contribution in [-0.4, -0.2) is 23.3 Å². The van der Waals surface area contributed by atoms with Crippen LogP contribution in [-0.2, 0) is 11.2 Å². The van der Waals surface area contributed by atoms with Crippen LogP contribution in [0.2, 0.25) is 5.02 Å². The summed E-state index contributed by atoms with van der Waals surface area (Å²) in [5.41, 5.74) is 2.21. The first-order valence-corrected chi connectivity index (χ1v) is 9.01. The van der Waals surface area contributed by atoms with Crippen LogP contribution >= 0.6 is 11.6 Å². The Labute approximate surface area is 160 Å². The lowest BCUT2D eigenvalue weighted by Gasteiger charge is -2.18. The van der Waals surface area contributed by atoms with Gasteiger partial charge >= 0.3 is 0 Å². The Kier molecular flexibility index (Phi) is 4.31. The number of non-ortho nitro benzene ring substituents is 1. The molecule has 0 radical (unpaired) electrons. The van der Waals surface area contributed by atoms with Crippen LogP contribution in [0.1, 0.15) is 28.8 Å². The number of anilines is 2. The highest BCUT2D eigenvalue weighted by Crippen LogP contribution is 2.37. The lowest BCUT2D eigenvalue weighted by atomic mass is 10.1. The van der Waals surface area contributed by atoms with Gasteiger partial charge < -0.3 is 10.2 Å². The molecule has 1 saturated carbocycles. The molecule has 0 spiro atoms. The van der Waals surface area contributed by atoms with Gasteiger partial charge in [-0.2, -0.15) is 0 Å². The van der Waals surface area contributed by atoms with Gasteiger partial charge in [-0.15, -0.1) is 0 Å². The Hall–Kier alpha value is -2.93. The van der Waals surface area contributed by atoms with E-state index in [1.807, 2.05) is 6.07 Å². The molecule has 0 atom stereocenters. The van der Waals surface area contributed by atoms with E-state index in [4.69, 9.17) is 11.6 Å². The lowest BCUT2D eigenvalue weighted by molar-refractivity contribution is -0.384. The number of amides is 2. The number of carbonyl (C=O) groups is 2. The van der Waals surface area contributed by atoms with E-state index in [9.17, 15) is 19.7 Å². The second kappa shape index (κ2) is 6.66. The summed E-state index contributed by atoms with van der Waals surface area (Å²) in [6.07, 6.45) is 2.66. The number of hydrogen-bond acceptors (Lipinski definition) is 4. The third kappa shape index (κ3) is 3.38. The Morgan fingerprint density at radius 3 is 2.67 bits per heavy atom. The first-order valence-electron chi connectivity index (χ1n) is 8.63. The van der Waals surface area contributed by atoms with E-state index < -0.39 is 10.8 Å². The molecule has 1 heterocycles. The number of hydrogen-bond donors (Lipinski definition) is 1. The van der Waals surface area contributed by atoms with Crippen molar-refractivity contribution in [3.05, 3.63) is 62.7 Å². The van der Waals surface area contributed by atoms with Crippen LogP contribution in [0.3, 0.4) is 0 Å². The molecule has 0 saturated heterocycles. The van der Waals surface area contributed by atoms with Crippen molar-refractivity contribution < 1.29 is 14.5 Å². The summed E-state index contributed by atoms with van der Waals surface area (Å²) in [5.74, 6) is -0.279. The van der Waals surface area contributed by atoms with Crippen molar-refractivity contribution in [3.63, 3.8) is 0 Å². The molecule has 1 N–H and O–H groups in total. The zero-order valence-corrected chi connectivity index (χ0v) is 15.0. The Balaban J connectivity index is 1.58. The van der Waals surface area contributed by atoms with Crippen molar-refractivity contribution >= 4 is 40.5 Å². The molecule has 2 aliphatic rings. The molecule has 138 valence electrons. The van der Waals surface area contributed by atoms with Gasteiger partial charge in [-0.3, -0.25) is 19.7 Å². The van der Waals surface area contributed by atoms with E-state index in [1.54, 1.807) is 17.0 Å². The first kappa shape index (κ1) is 17.5. The van der Waals surface area contributed by atoms with Gasteiger partial charge in [0.25, 0.3) is 11.6 Å². The zero-order valence-electron chi connectivity index (χ0n) is 14.3. The molecule has 1 fully saturated rings. The molecule has 0 unspecified atom stereocenters. The maximum Gasteiger partial charge on any atom is 0.270 e. The fraction of sp³-hybridized carbons (Fsp3) is 0.263. The molecule has 2 amide bonds. The van der Waals surface area contributed by atoms with Gasteiger partial charge in [-0.05, 0) is 43.0 Å². The molecule has 1 aliphatic heterocycles. The molecule has 1 aliphatic carbocycles. The summed E-state index contributed by atoms with van der Waals surface area (Å²) in [7, 11) is 0. The minimum Gasteiger partial charge on any atom is -0.322 e. The summed E-state index contributed by atoms with van der Waals surface area (Å²) in [4.78, 5) is 37.1. The molecule has 0 bridgehead atoms. The smallest absolute Gasteiger partial charge is 0.270 e. The first-order chi connectivity index (χ1) is 12.9. The van der Waals surface area contributed by atoms with E-state index in [-0.39, 0.29) is 28.1 Å². The number of nitrogens with zero attached hydrogens (tertiary/aromatic N) is 2. The van der Waals surface area contributed by atoms with Gasteiger partial charge in [-0.1, -0.05) is 17.7 Å². The SMILES string of the molecule is O=C(Nc1ccc2c(c1)N(C(=O)C1CC1)CC2)c1cc([N+](=O)[O-])ccc1Cl. The highest BCUT2D eigenvalue weighted by Gasteiger charge is 2.36. The molecule has 8 heteroatoms. The summed E-state index contributed by atoms with van der Waals surface area (Å²) in [6.45, 7) is 0.652. The predicted molar refractivity (Wildman–Crippen MR) is 101 cm³/mol. The van der Waals surface area contributed by atoms with Crippen molar-refractivity contribution in [2.45, 2.75) is 19.3 Å². The molecular formula is C19H16ClN3O4. The average Bonchev–Trinajstić information content (AvgIpc) is 3.41. The van der Waals surface area contributed by atoms with Gasteiger partial charge in [0.1, 0.15) is 0 Å². The van der Waals surface area contributed by atoms with Crippen LogP contribution in [0.4, 0.5) is 17.1 Å². The van der Waals surface area contributed by atoms with Gasteiger partial charge in [0.15, 0.2) is 0 Å². The van der Waals surface area contributed by atoms with Gasteiger partial charge in [0, 0.05) is 36.0 Å². The quantitative estimate of drug-likeness (QED) is 0.640. The fourth-order valence-electron chi connectivity index (χ4n) is 3.24. The lowest BCUT2D eigenvalue weighted by Crippen LogP contribution is -2.30. The topological polar surface area (TPSA) is 92.6 Å². The van der Waals surface area contributed by atoms with Crippen molar-refractivity contribution in [1.29, 1.82) is 0 Å². The molecule has 2 aromatic rings. The van der Waals surface area contributed by atoms with E-state index in [0.29, 0.717) is 12.2 Å². The van der Waals surface area contributed by atoms with Crippen LogP contribution in [0.15, 0.2) is 36.4 Å². The Morgan fingerprint density at radius 1 is 1.19 bits per heavy atom. The fourth-order valence-corrected chi connectivity index (χ4v) is 3.44. The van der Waals surface area contributed by atoms with Gasteiger partial charge in [-0.25, -0.2) is 0 Å². The van der Waals surface area contributed by atoms with Crippen molar-refractivity contribution in [2.75, 3.05) is 16.8 Å². The van der Waals surface area contributed by atoms with Crippen molar-refractivity contribution in [1.82, 2.24) is 0 Å². The molecule has 4 rings (SSSR count). The van der Waals surface area contributed by atoms with Crippen LogP contribution in [0.25, 0.3) is 0 Å². The molecule has 0 aromatic heterocycles. The zero-order chi connectivity index (χ0) is 19.1. The number of rotatable bonds is 4. The minimum absolute atomic E-state index is 0.0253. The van der Waals surface area contributed by atoms with Gasteiger partial charge in [0.05, 0.1) is 15.5 Å². The normalized spacial score (nSPS) is 15.4. The molecule has 7 nitrogen and oxygen atoms in total. The van der Waals surface area contributed by atoms with E-state index in [0.717, 1.165) is 36.6 Å². The summed E-state index contributed by atoms with van der Waals surface area (Å²) in [5, 5.41) is 13.8. The van der Waals surface area contributed by atoms with Crippen LogP contribution in [0.5, 0.6) is 0 Å². The third-order valence-electron chi connectivity index (χ3n) is 4.84. The maximum atomic E-state index is 12.5. The number of benzene rings is 2. The number of halogens is 1. The predicted octanol–water partition coefficient (Wildman–Crippen LogP) is 3.80. The third-order valence-corrected chi connectivity index (χ3v) is 5.17. The van der Waals surface area contributed by atoms with E-state index in [1.165, 1.54) is 12.1 Å². The number of carbonyl (C=O) groups excluding carboxylic acids is 2. The van der Waals surface area contributed by atoms with Crippen molar-refractivity contribution in [2.24, 2.45) is 5.92 Å². The Bertz CT molecular complexity index is 971. The maximum absolute atomic E-state index is 12.5. The number of nitro benzene ring substituents is 1. The molecule has 27 heavy (non-hydrogen) atoms. The summed E-state index contributed by atoms with van der Waals surface area (Å²) in [6, 6.07) is 9.14. The monoisotopic (exact) mass is 385 g/mol. The van der Waals surface area contributed by atoms with Crippen LogP contribution in [0, 0.1) is 16.0 Å². The number of nitrogens with one attached hydrogen (secondary N) is 1. The second-order valence-electron chi connectivity index (χ2n) is 6.73. The largest absolute Gasteiger partial charge is 0.322 e. The molecule has 2 aromatic carbocycles. The molecular weight excluding hydrogens is 370 g/mol. The highest BCUT2D eigenvalue weighted by molar-refractivity contribution is 6.34. The highest BCUT2D eigenvalue weighted by atomic mass is 35.5. The minimum atomic E-state index is -0.579. The number of nitro groups is 1. The van der Waals surface area contributed by atoms with E-state index in [2.05, 4.69) is 5.32 Å². The average molecular weight is 386 g/mol. The van der Waals surface area contributed by atoms with E-state index >= 15 is 0 Å². The van der Waals surface area contributed by atoms with Crippen LogP contribution < -0.4 is 10.2 Å². The second-order valence-corrected chi connectivity index (χ2v) is 7.14. The summed E-state index contributed by atoms with van der Waals surface area (Å²) < 4.78 is 0. The van der Waals surface area contributed by atoms with Gasteiger partial charge in [0.2, 0.25) is 5.91 Å². The van der Waals surface area contributed by atoms with Crippen molar-refractivity contribution in [3.8, 4) is 0 Å². The standard InChI is InChI=1S/C19H16ClN3O4/c20-16-6-5-14(23(26)27)10-15(16)18(24)21-13-4-3-11-7-8-22(17(11)9-13)19(25)12-1-2-12/h3-6,9-10,12H,1-2,7-8H2,(H,21,24). The summed E-state index contributed by atoms with van der Waals surface area (Å²) >= 11 is 6.03.